The Morgan fingerprint density at radius 2 is 2.09 bits per heavy atom. The van der Waals surface area contributed by atoms with E-state index < -0.39 is 16.9 Å². The number of hydrogen-bond donors (Lipinski definition) is 2. The molecule has 0 radical (unpaired) electrons. The number of nitro groups is 1. The summed E-state index contributed by atoms with van der Waals surface area (Å²) >= 11 is 0. The fourth-order valence-corrected chi connectivity index (χ4v) is 1.84. The molecular weight excluding hydrogens is 302 g/mol. The summed E-state index contributed by atoms with van der Waals surface area (Å²) in [4.78, 5) is 21.4. The Balaban J connectivity index is 1.76. The number of hydrazone groups is 1. The SMILES string of the molecule is O=C(CC[C@@H](O)c1ccccc1)N/N=C\c1ccc([N+](=O)[O-])o1. The molecule has 2 rings (SSSR count). The molecule has 0 aliphatic rings. The van der Waals surface area contributed by atoms with Crippen LogP contribution in [0.5, 0.6) is 0 Å². The van der Waals surface area contributed by atoms with Crippen molar-refractivity contribution in [1.82, 2.24) is 5.43 Å². The molecule has 23 heavy (non-hydrogen) atoms. The molecule has 2 aromatic rings. The van der Waals surface area contributed by atoms with Crippen LogP contribution in [0.4, 0.5) is 5.88 Å². The quantitative estimate of drug-likeness (QED) is 0.461. The van der Waals surface area contributed by atoms with Crippen molar-refractivity contribution in [3.8, 4) is 0 Å². The van der Waals surface area contributed by atoms with E-state index in [0.29, 0.717) is 0 Å². The van der Waals surface area contributed by atoms with Crippen LogP contribution in [0.25, 0.3) is 0 Å². The first-order valence-electron chi connectivity index (χ1n) is 6.85. The first-order valence-corrected chi connectivity index (χ1v) is 6.85. The van der Waals surface area contributed by atoms with Gasteiger partial charge in [0.2, 0.25) is 5.91 Å². The minimum atomic E-state index is -0.723. The normalized spacial score (nSPS) is 12.2. The summed E-state index contributed by atoms with van der Waals surface area (Å²) in [5.74, 6) is -0.623. The first-order chi connectivity index (χ1) is 11.1. The molecule has 120 valence electrons. The van der Waals surface area contributed by atoms with Crippen molar-refractivity contribution < 1.29 is 19.2 Å². The average Bonchev–Trinajstić information content (AvgIpc) is 3.02. The van der Waals surface area contributed by atoms with Gasteiger partial charge in [0.05, 0.1) is 18.4 Å². The maximum atomic E-state index is 11.6. The van der Waals surface area contributed by atoms with Gasteiger partial charge >= 0.3 is 5.88 Å². The number of nitrogens with one attached hydrogen (secondary N) is 1. The Morgan fingerprint density at radius 1 is 1.35 bits per heavy atom. The molecule has 0 unspecified atom stereocenters. The zero-order chi connectivity index (χ0) is 16.7. The number of rotatable bonds is 7. The summed E-state index contributed by atoms with van der Waals surface area (Å²) in [7, 11) is 0. The number of aliphatic hydroxyl groups is 1. The van der Waals surface area contributed by atoms with Crippen molar-refractivity contribution >= 4 is 18.0 Å². The minimum Gasteiger partial charge on any atom is -0.400 e. The highest BCUT2D eigenvalue weighted by Gasteiger charge is 2.11. The summed E-state index contributed by atoms with van der Waals surface area (Å²) in [5.41, 5.74) is 3.01. The lowest BCUT2D eigenvalue weighted by Crippen LogP contribution is -2.18. The molecule has 1 heterocycles. The molecule has 2 N–H and O–H groups in total. The third kappa shape index (κ3) is 5.04. The van der Waals surface area contributed by atoms with E-state index in [1.54, 1.807) is 12.1 Å². The minimum absolute atomic E-state index is 0.0890. The van der Waals surface area contributed by atoms with Crippen molar-refractivity contribution in [2.24, 2.45) is 5.10 Å². The van der Waals surface area contributed by atoms with Crippen LogP contribution in [0, 0.1) is 10.1 Å². The van der Waals surface area contributed by atoms with Gasteiger partial charge in [-0.2, -0.15) is 5.10 Å². The zero-order valence-corrected chi connectivity index (χ0v) is 12.1. The third-order valence-electron chi connectivity index (χ3n) is 3.00. The molecule has 0 spiro atoms. The molecule has 0 saturated heterocycles. The number of carbonyl (C=O) groups excluding carboxylic acids is 1. The monoisotopic (exact) mass is 317 g/mol. The highest BCUT2D eigenvalue weighted by atomic mass is 16.6. The summed E-state index contributed by atoms with van der Waals surface area (Å²) in [6.07, 6.45) is 0.792. The molecule has 1 amide bonds. The van der Waals surface area contributed by atoms with Crippen molar-refractivity contribution in [2.45, 2.75) is 18.9 Å². The van der Waals surface area contributed by atoms with Gasteiger partial charge in [0, 0.05) is 6.42 Å². The smallest absolute Gasteiger partial charge is 0.400 e. The lowest BCUT2D eigenvalue weighted by Gasteiger charge is -2.09. The number of hydrogen-bond acceptors (Lipinski definition) is 6. The molecule has 0 aliphatic carbocycles. The summed E-state index contributed by atoms with van der Waals surface area (Å²) in [5, 5.41) is 24.0. The van der Waals surface area contributed by atoms with Crippen LogP contribution in [-0.4, -0.2) is 22.2 Å². The number of amides is 1. The maximum absolute atomic E-state index is 11.6. The van der Waals surface area contributed by atoms with E-state index in [4.69, 9.17) is 4.42 Å². The molecule has 8 heteroatoms. The molecule has 0 bridgehead atoms. The molecular formula is C15H15N3O5. The van der Waals surface area contributed by atoms with Gasteiger partial charge in [0.25, 0.3) is 0 Å². The van der Waals surface area contributed by atoms with E-state index in [2.05, 4.69) is 10.5 Å². The van der Waals surface area contributed by atoms with Gasteiger partial charge in [-0.1, -0.05) is 30.3 Å². The Bertz CT molecular complexity index is 696. The van der Waals surface area contributed by atoms with Gasteiger partial charge in [-0.3, -0.25) is 14.9 Å². The second-order valence-electron chi connectivity index (χ2n) is 4.69. The van der Waals surface area contributed by atoms with E-state index in [-0.39, 0.29) is 24.5 Å². The van der Waals surface area contributed by atoms with Gasteiger partial charge in [-0.05, 0) is 18.1 Å². The highest BCUT2D eigenvalue weighted by Crippen LogP contribution is 2.17. The van der Waals surface area contributed by atoms with E-state index in [9.17, 15) is 20.0 Å². The highest BCUT2D eigenvalue weighted by molar-refractivity contribution is 5.80. The Hall–Kier alpha value is -3.00. The second-order valence-corrected chi connectivity index (χ2v) is 4.69. The number of carbonyl (C=O) groups is 1. The van der Waals surface area contributed by atoms with Crippen LogP contribution in [-0.2, 0) is 4.79 Å². The van der Waals surface area contributed by atoms with Crippen molar-refractivity contribution in [3.63, 3.8) is 0 Å². The van der Waals surface area contributed by atoms with Crippen molar-refractivity contribution in [3.05, 3.63) is 63.9 Å². The fraction of sp³-hybridized carbons (Fsp3) is 0.200. The Labute approximate surface area is 131 Å². The summed E-state index contributed by atoms with van der Waals surface area (Å²) < 4.78 is 4.84. The van der Waals surface area contributed by atoms with Crippen molar-refractivity contribution in [1.29, 1.82) is 0 Å². The molecule has 1 atom stereocenters. The molecule has 1 aromatic carbocycles. The molecule has 0 saturated carbocycles. The van der Waals surface area contributed by atoms with Crippen LogP contribution in [0.15, 0.2) is 52.0 Å². The van der Waals surface area contributed by atoms with E-state index in [1.165, 1.54) is 18.3 Å². The van der Waals surface area contributed by atoms with Gasteiger partial charge in [-0.15, -0.1) is 0 Å². The summed E-state index contributed by atoms with van der Waals surface area (Å²) in [6, 6.07) is 11.6. The topological polar surface area (TPSA) is 118 Å². The molecule has 0 aliphatic heterocycles. The number of aliphatic hydroxyl groups excluding tert-OH is 1. The van der Waals surface area contributed by atoms with E-state index in [1.807, 2.05) is 18.2 Å². The van der Waals surface area contributed by atoms with Crippen LogP contribution in [0.2, 0.25) is 0 Å². The van der Waals surface area contributed by atoms with Crippen LogP contribution in [0.3, 0.4) is 0 Å². The largest absolute Gasteiger partial charge is 0.433 e. The molecule has 0 fully saturated rings. The average molecular weight is 317 g/mol. The fourth-order valence-electron chi connectivity index (χ4n) is 1.84. The summed E-state index contributed by atoms with van der Waals surface area (Å²) in [6.45, 7) is 0. The molecule has 8 nitrogen and oxygen atoms in total. The zero-order valence-electron chi connectivity index (χ0n) is 12.1. The van der Waals surface area contributed by atoms with Gasteiger partial charge in [-0.25, -0.2) is 5.43 Å². The second kappa shape index (κ2) is 7.85. The predicted octanol–water partition coefficient (Wildman–Crippen LogP) is 2.15. The Kier molecular flexibility index (Phi) is 5.59. The van der Waals surface area contributed by atoms with E-state index >= 15 is 0 Å². The number of furan rings is 1. The lowest BCUT2D eigenvalue weighted by atomic mass is 10.1. The third-order valence-corrected chi connectivity index (χ3v) is 3.00. The Morgan fingerprint density at radius 3 is 2.74 bits per heavy atom. The van der Waals surface area contributed by atoms with E-state index in [0.717, 1.165) is 5.56 Å². The number of benzene rings is 1. The first kappa shape index (κ1) is 16.4. The van der Waals surface area contributed by atoms with Crippen LogP contribution >= 0.6 is 0 Å². The predicted molar refractivity (Wildman–Crippen MR) is 81.7 cm³/mol. The maximum Gasteiger partial charge on any atom is 0.433 e. The van der Waals surface area contributed by atoms with Crippen LogP contribution < -0.4 is 5.43 Å². The van der Waals surface area contributed by atoms with Crippen molar-refractivity contribution in [2.75, 3.05) is 0 Å². The number of nitrogens with zero attached hydrogens (tertiary/aromatic N) is 2. The standard InChI is InChI=1S/C15H15N3O5/c19-13(11-4-2-1-3-5-11)7-8-14(20)17-16-10-12-6-9-15(23-12)18(21)22/h1-6,9-10,13,19H,7-8H2,(H,17,20)/b16-10-/t13-/m1/s1. The van der Waals surface area contributed by atoms with Crippen LogP contribution in [0.1, 0.15) is 30.3 Å². The van der Waals surface area contributed by atoms with Gasteiger partial charge in [0.1, 0.15) is 4.92 Å². The molecule has 1 aromatic heterocycles. The lowest BCUT2D eigenvalue weighted by molar-refractivity contribution is -0.402. The van der Waals surface area contributed by atoms with Gasteiger partial charge in [0.15, 0.2) is 5.76 Å². The van der Waals surface area contributed by atoms with Gasteiger partial charge < -0.3 is 9.52 Å².